The molecule has 0 fully saturated rings. The van der Waals surface area contributed by atoms with Crippen LogP contribution in [0.3, 0.4) is 0 Å². The highest BCUT2D eigenvalue weighted by Gasteiger charge is 2.06. The second-order valence-corrected chi connectivity index (χ2v) is 2.80. The van der Waals surface area contributed by atoms with Crippen LogP contribution in [0.2, 0.25) is 0 Å². The van der Waals surface area contributed by atoms with Gasteiger partial charge in [-0.05, 0) is 6.42 Å². The second-order valence-electron chi connectivity index (χ2n) is 2.80. The molecule has 0 atom stereocenters. The molecule has 0 aromatic carbocycles. The third-order valence-electron chi connectivity index (χ3n) is 1.64. The van der Waals surface area contributed by atoms with E-state index in [1.165, 1.54) is 0 Å². The molecule has 0 bridgehead atoms. The van der Waals surface area contributed by atoms with Gasteiger partial charge in [0.25, 0.3) is 0 Å². The topological polar surface area (TPSA) is 52.9 Å². The summed E-state index contributed by atoms with van der Waals surface area (Å²) in [6.45, 7) is 0.740. The molecule has 0 aromatic heterocycles. The molecule has 1 aliphatic heterocycles. The zero-order valence-electron chi connectivity index (χ0n) is 7.03. The molecular weight excluding hydrogens is 156 g/mol. The molecule has 4 nitrogen and oxygen atoms in total. The third kappa shape index (κ3) is 2.74. The molecule has 0 amide bonds. The molecule has 1 rings (SSSR count). The van der Waals surface area contributed by atoms with Gasteiger partial charge < -0.3 is 10.0 Å². The number of rotatable bonds is 3. The molecule has 0 radical (unpaired) electrons. The first kappa shape index (κ1) is 8.77. The van der Waals surface area contributed by atoms with Gasteiger partial charge in [-0.3, -0.25) is 9.79 Å². The lowest BCUT2D eigenvalue weighted by Crippen LogP contribution is -2.23. The summed E-state index contributed by atoms with van der Waals surface area (Å²) in [5.74, 6) is -0.769. The highest BCUT2D eigenvalue weighted by atomic mass is 16.4. The van der Waals surface area contributed by atoms with Crippen LogP contribution in [0.1, 0.15) is 12.8 Å². The monoisotopic (exact) mass is 168 g/mol. The standard InChI is InChI=1S/C8H12N2O2/c1-10-5-4-9-7(6-10)2-3-8(11)12/h4-5H,2-3,6H2,1H3,(H,11,12). The first-order chi connectivity index (χ1) is 5.68. The average Bonchev–Trinajstić information content (AvgIpc) is 2.01. The normalized spacial score (nSPS) is 16.1. The van der Waals surface area contributed by atoms with Gasteiger partial charge in [0, 0.05) is 25.2 Å². The van der Waals surface area contributed by atoms with Crippen molar-refractivity contribution in [1.29, 1.82) is 0 Å². The summed E-state index contributed by atoms with van der Waals surface area (Å²) in [4.78, 5) is 16.3. The van der Waals surface area contributed by atoms with Crippen LogP contribution in [-0.4, -0.2) is 35.3 Å². The molecule has 66 valence electrons. The molecule has 1 aliphatic rings. The number of nitrogens with zero attached hydrogens (tertiary/aromatic N) is 2. The van der Waals surface area contributed by atoms with Crippen molar-refractivity contribution in [2.45, 2.75) is 12.8 Å². The van der Waals surface area contributed by atoms with Gasteiger partial charge in [0.15, 0.2) is 0 Å². The lowest BCUT2D eigenvalue weighted by atomic mass is 10.2. The summed E-state index contributed by atoms with van der Waals surface area (Å²) in [7, 11) is 1.94. The van der Waals surface area contributed by atoms with Crippen LogP contribution in [-0.2, 0) is 4.79 Å². The van der Waals surface area contributed by atoms with Crippen molar-refractivity contribution >= 4 is 11.7 Å². The average molecular weight is 168 g/mol. The van der Waals surface area contributed by atoms with Gasteiger partial charge in [-0.25, -0.2) is 0 Å². The number of aliphatic carboxylic acids is 1. The Morgan fingerprint density at radius 2 is 2.58 bits per heavy atom. The Morgan fingerprint density at radius 1 is 1.83 bits per heavy atom. The minimum Gasteiger partial charge on any atom is -0.481 e. The van der Waals surface area contributed by atoms with Crippen molar-refractivity contribution in [2.24, 2.45) is 4.99 Å². The molecule has 4 heteroatoms. The molecule has 0 saturated carbocycles. The fourth-order valence-electron chi connectivity index (χ4n) is 1.03. The van der Waals surface area contributed by atoms with Crippen molar-refractivity contribution in [1.82, 2.24) is 4.90 Å². The van der Waals surface area contributed by atoms with E-state index >= 15 is 0 Å². The first-order valence-corrected chi connectivity index (χ1v) is 3.83. The smallest absolute Gasteiger partial charge is 0.303 e. The minimum atomic E-state index is -0.769. The summed E-state index contributed by atoms with van der Waals surface area (Å²) in [5, 5.41) is 8.42. The van der Waals surface area contributed by atoms with Gasteiger partial charge in [-0.15, -0.1) is 0 Å². The molecule has 1 heterocycles. The summed E-state index contributed by atoms with van der Waals surface area (Å²) >= 11 is 0. The van der Waals surface area contributed by atoms with Gasteiger partial charge in [-0.2, -0.15) is 0 Å². The minimum absolute atomic E-state index is 0.167. The predicted molar refractivity (Wildman–Crippen MR) is 46.1 cm³/mol. The van der Waals surface area contributed by atoms with Crippen molar-refractivity contribution in [3.63, 3.8) is 0 Å². The van der Waals surface area contributed by atoms with Crippen LogP contribution in [0, 0.1) is 0 Å². The molecule has 0 spiro atoms. The van der Waals surface area contributed by atoms with Crippen LogP contribution < -0.4 is 0 Å². The van der Waals surface area contributed by atoms with Crippen molar-refractivity contribution in [3.8, 4) is 0 Å². The van der Waals surface area contributed by atoms with E-state index in [4.69, 9.17) is 5.11 Å². The van der Waals surface area contributed by atoms with Crippen molar-refractivity contribution in [2.75, 3.05) is 13.6 Å². The summed E-state index contributed by atoms with van der Waals surface area (Å²) in [6.07, 6.45) is 4.27. The van der Waals surface area contributed by atoms with E-state index < -0.39 is 5.97 Å². The Morgan fingerprint density at radius 3 is 3.17 bits per heavy atom. The maximum atomic E-state index is 10.2. The molecular formula is C8H12N2O2. The van der Waals surface area contributed by atoms with Gasteiger partial charge in [0.05, 0.1) is 13.0 Å². The lowest BCUT2D eigenvalue weighted by molar-refractivity contribution is -0.136. The zero-order chi connectivity index (χ0) is 8.97. The van der Waals surface area contributed by atoms with Crippen molar-refractivity contribution < 1.29 is 9.90 Å². The van der Waals surface area contributed by atoms with E-state index in [-0.39, 0.29) is 6.42 Å². The predicted octanol–water partition coefficient (Wildman–Crippen LogP) is 0.709. The Balaban J connectivity index is 2.37. The molecule has 0 unspecified atom stereocenters. The molecule has 12 heavy (non-hydrogen) atoms. The number of carboxylic acid groups (broad SMARTS) is 1. The van der Waals surface area contributed by atoms with Gasteiger partial charge >= 0.3 is 5.97 Å². The first-order valence-electron chi connectivity index (χ1n) is 3.83. The van der Waals surface area contributed by atoms with Gasteiger partial charge in [-0.1, -0.05) is 0 Å². The maximum absolute atomic E-state index is 10.2. The van der Waals surface area contributed by atoms with E-state index in [0.717, 1.165) is 12.3 Å². The summed E-state index contributed by atoms with van der Waals surface area (Å²) < 4.78 is 0. The van der Waals surface area contributed by atoms with Gasteiger partial charge in [0.2, 0.25) is 0 Å². The molecule has 1 N–H and O–H groups in total. The quantitative estimate of drug-likeness (QED) is 0.675. The zero-order valence-corrected chi connectivity index (χ0v) is 7.03. The number of carboxylic acids is 1. The fraction of sp³-hybridized carbons (Fsp3) is 0.500. The van der Waals surface area contributed by atoms with Crippen LogP contribution in [0.5, 0.6) is 0 Å². The Labute approximate surface area is 71.2 Å². The number of carbonyl (C=O) groups is 1. The highest BCUT2D eigenvalue weighted by Crippen LogP contribution is 2.02. The number of aliphatic imine (C=N–C) groups is 1. The Bertz CT molecular complexity index is 233. The molecule has 0 aromatic rings. The number of hydrogen-bond acceptors (Lipinski definition) is 3. The van der Waals surface area contributed by atoms with E-state index in [2.05, 4.69) is 4.99 Å². The largest absolute Gasteiger partial charge is 0.481 e. The molecule has 0 aliphatic carbocycles. The van der Waals surface area contributed by atoms with Crippen LogP contribution in [0.25, 0.3) is 0 Å². The fourth-order valence-corrected chi connectivity index (χ4v) is 1.03. The summed E-state index contributed by atoms with van der Waals surface area (Å²) in [5.41, 5.74) is 0.933. The van der Waals surface area contributed by atoms with Gasteiger partial charge in [0.1, 0.15) is 0 Å². The maximum Gasteiger partial charge on any atom is 0.303 e. The van der Waals surface area contributed by atoms with E-state index in [1.54, 1.807) is 6.20 Å². The SMILES string of the molecule is CN1C=CN=C(CCC(=O)O)C1. The van der Waals surface area contributed by atoms with E-state index in [1.807, 2.05) is 18.1 Å². The van der Waals surface area contributed by atoms with Crippen LogP contribution in [0.15, 0.2) is 17.4 Å². The molecule has 0 saturated heterocycles. The lowest BCUT2D eigenvalue weighted by Gasteiger charge is -2.17. The Kier molecular flexibility index (Phi) is 2.85. The third-order valence-corrected chi connectivity index (χ3v) is 1.64. The summed E-state index contributed by atoms with van der Waals surface area (Å²) in [6, 6.07) is 0. The Hall–Kier alpha value is -1.32. The highest BCUT2D eigenvalue weighted by molar-refractivity contribution is 5.89. The van der Waals surface area contributed by atoms with E-state index in [9.17, 15) is 4.79 Å². The number of hydrogen-bond donors (Lipinski definition) is 1. The van der Waals surface area contributed by atoms with Crippen LogP contribution >= 0.6 is 0 Å². The van der Waals surface area contributed by atoms with Crippen LogP contribution in [0.4, 0.5) is 0 Å². The van der Waals surface area contributed by atoms with E-state index in [0.29, 0.717) is 6.42 Å². The second kappa shape index (κ2) is 3.90. The van der Waals surface area contributed by atoms with Crippen molar-refractivity contribution in [3.05, 3.63) is 12.4 Å².